The van der Waals surface area contributed by atoms with E-state index in [0.29, 0.717) is 22.7 Å². The van der Waals surface area contributed by atoms with E-state index >= 15 is 0 Å². The highest BCUT2D eigenvalue weighted by Gasteiger charge is 2.17. The minimum atomic E-state index is -0.634. The van der Waals surface area contributed by atoms with Gasteiger partial charge >= 0.3 is 5.97 Å². The molecule has 0 aliphatic rings. The second-order valence-corrected chi connectivity index (χ2v) is 5.37. The Morgan fingerprint density at radius 1 is 1.07 bits per heavy atom. The molecule has 3 aromatic rings. The Kier molecular flexibility index (Phi) is 5.41. The molecule has 0 unspecified atom stereocenters. The summed E-state index contributed by atoms with van der Waals surface area (Å²) in [4.78, 5) is 24.7. The van der Waals surface area contributed by atoms with Gasteiger partial charge in [0.25, 0.3) is 0 Å². The van der Waals surface area contributed by atoms with Crippen molar-refractivity contribution < 1.29 is 23.8 Å². The van der Waals surface area contributed by atoms with Gasteiger partial charge in [-0.15, -0.1) is 5.10 Å². The van der Waals surface area contributed by atoms with Crippen LogP contribution in [0.15, 0.2) is 48.8 Å². The Balaban J connectivity index is 1.69. The number of hydrogen-bond donors (Lipinski definition) is 0. The first-order valence-electron chi connectivity index (χ1n) is 7.88. The third-order valence-electron chi connectivity index (χ3n) is 3.74. The Morgan fingerprint density at radius 3 is 2.63 bits per heavy atom. The van der Waals surface area contributed by atoms with Crippen LogP contribution in [-0.2, 0) is 4.74 Å². The molecule has 138 valence electrons. The van der Waals surface area contributed by atoms with Crippen molar-refractivity contribution in [2.45, 2.75) is 0 Å². The molecule has 1 heterocycles. The van der Waals surface area contributed by atoms with E-state index in [1.165, 1.54) is 25.2 Å². The molecule has 27 heavy (non-hydrogen) atoms. The number of tetrazole rings is 1. The topological polar surface area (TPSA) is 105 Å². The molecule has 3 rings (SSSR count). The van der Waals surface area contributed by atoms with Crippen LogP contribution in [0.25, 0.3) is 5.69 Å². The fourth-order valence-electron chi connectivity index (χ4n) is 2.38. The molecule has 0 bridgehead atoms. The molecular weight excluding hydrogens is 352 g/mol. The number of methoxy groups -OCH3 is 2. The van der Waals surface area contributed by atoms with E-state index in [1.54, 1.807) is 42.5 Å². The molecular formula is C18H16N4O5. The first-order chi connectivity index (χ1) is 13.1. The third kappa shape index (κ3) is 4.09. The lowest BCUT2D eigenvalue weighted by atomic mass is 10.1. The average Bonchev–Trinajstić information content (AvgIpc) is 3.26. The van der Waals surface area contributed by atoms with Gasteiger partial charge < -0.3 is 14.2 Å². The van der Waals surface area contributed by atoms with E-state index in [-0.39, 0.29) is 11.3 Å². The van der Waals surface area contributed by atoms with Crippen molar-refractivity contribution in [1.82, 2.24) is 20.2 Å². The molecule has 2 aromatic carbocycles. The summed E-state index contributed by atoms with van der Waals surface area (Å²) >= 11 is 0. The lowest BCUT2D eigenvalue weighted by molar-refractivity contribution is 0.0474. The number of esters is 1. The molecule has 0 saturated carbocycles. The maximum Gasteiger partial charge on any atom is 0.338 e. The van der Waals surface area contributed by atoms with Crippen LogP contribution in [0.5, 0.6) is 11.5 Å². The smallest absolute Gasteiger partial charge is 0.338 e. The quantitative estimate of drug-likeness (QED) is 0.458. The van der Waals surface area contributed by atoms with Crippen LogP contribution in [0.1, 0.15) is 20.7 Å². The van der Waals surface area contributed by atoms with Crippen LogP contribution in [0.2, 0.25) is 0 Å². The summed E-state index contributed by atoms with van der Waals surface area (Å²) in [5.74, 6) is -0.124. The molecule has 0 N–H and O–H groups in total. The largest absolute Gasteiger partial charge is 0.497 e. The SMILES string of the molecule is COc1ccc(C(=O)COC(=O)c2cccc(-n3cnnn3)c2)c(OC)c1. The van der Waals surface area contributed by atoms with E-state index in [0.717, 1.165) is 0 Å². The molecule has 0 fully saturated rings. The van der Waals surface area contributed by atoms with Crippen molar-refractivity contribution in [2.75, 3.05) is 20.8 Å². The highest BCUT2D eigenvalue weighted by molar-refractivity contribution is 6.01. The first-order valence-corrected chi connectivity index (χ1v) is 7.88. The van der Waals surface area contributed by atoms with Crippen molar-refractivity contribution in [3.63, 3.8) is 0 Å². The van der Waals surface area contributed by atoms with Crippen molar-refractivity contribution >= 4 is 11.8 Å². The molecule has 0 radical (unpaired) electrons. The van der Waals surface area contributed by atoms with Gasteiger partial charge in [-0.05, 0) is 40.8 Å². The number of carbonyl (C=O) groups excluding carboxylic acids is 2. The Hall–Kier alpha value is -3.75. The van der Waals surface area contributed by atoms with Gasteiger partial charge in [-0.1, -0.05) is 6.07 Å². The molecule has 0 aliphatic carbocycles. The van der Waals surface area contributed by atoms with E-state index in [4.69, 9.17) is 14.2 Å². The number of nitrogens with zero attached hydrogens (tertiary/aromatic N) is 4. The van der Waals surface area contributed by atoms with Gasteiger partial charge in [0.05, 0.1) is 31.0 Å². The number of hydrogen-bond acceptors (Lipinski definition) is 8. The van der Waals surface area contributed by atoms with Gasteiger partial charge in [-0.3, -0.25) is 4.79 Å². The van der Waals surface area contributed by atoms with Gasteiger partial charge in [0.2, 0.25) is 5.78 Å². The van der Waals surface area contributed by atoms with Gasteiger partial charge in [-0.25, -0.2) is 9.48 Å². The number of carbonyl (C=O) groups is 2. The summed E-state index contributed by atoms with van der Waals surface area (Å²) in [6.07, 6.45) is 1.41. The summed E-state index contributed by atoms with van der Waals surface area (Å²) < 4.78 is 16.8. The highest BCUT2D eigenvalue weighted by atomic mass is 16.5. The fourth-order valence-corrected chi connectivity index (χ4v) is 2.38. The number of rotatable bonds is 7. The van der Waals surface area contributed by atoms with E-state index in [1.807, 2.05) is 0 Å². The Labute approximate surface area is 154 Å². The summed E-state index contributed by atoms with van der Waals surface area (Å²) in [7, 11) is 2.96. The zero-order chi connectivity index (χ0) is 19.2. The third-order valence-corrected chi connectivity index (χ3v) is 3.74. The lowest BCUT2D eigenvalue weighted by Gasteiger charge is -2.10. The molecule has 0 amide bonds. The standard InChI is InChI=1S/C18H16N4O5/c1-25-14-6-7-15(17(9-14)26-2)16(23)10-27-18(24)12-4-3-5-13(8-12)22-11-19-20-21-22/h3-9,11H,10H2,1-2H3. The van der Waals surface area contributed by atoms with Gasteiger partial charge in [0.1, 0.15) is 17.8 Å². The number of ketones is 1. The Bertz CT molecular complexity index is 956. The molecule has 9 nitrogen and oxygen atoms in total. The van der Waals surface area contributed by atoms with Gasteiger partial charge in [0.15, 0.2) is 6.61 Å². The van der Waals surface area contributed by atoms with Gasteiger partial charge in [0, 0.05) is 6.07 Å². The maximum absolute atomic E-state index is 12.4. The number of ether oxygens (including phenoxy) is 3. The average molecular weight is 368 g/mol. The second kappa shape index (κ2) is 8.09. The van der Waals surface area contributed by atoms with E-state index in [9.17, 15) is 9.59 Å². The number of Topliss-reactive ketones (excluding diaryl/α,β-unsaturated/α-hetero) is 1. The summed E-state index contributed by atoms with van der Waals surface area (Å²) in [5.41, 5.74) is 1.17. The number of benzene rings is 2. The van der Waals surface area contributed by atoms with Crippen molar-refractivity contribution in [3.05, 3.63) is 59.9 Å². The van der Waals surface area contributed by atoms with E-state index in [2.05, 4.69) is 15.5 Å². The van der Waals surface area contributed by atoms with Crippen LogP contribution in [0, 0.1) is 0 Å². The predicted molar refractivity (Wildman–Crippen MR) is 93.3 cm³/mol. The molecule has 0 saturated heterocycles. The normalized spacial score (nSPS) is 10.3. The first kappa shape index (κ1) is 18.1. The lowest BCUT2D eigenvalue weighted by Crippen LogP contribution is -2.15. The molecule has 9 heteroatoms. The zero-order valence-corrected chi connectivity index (χ0v) is 14.7. The highest BCUT2D eigenvalue weighted by Crippen LogP contribution is 2.25. The minimum Gasteiger partial charge on any atom is -0.497 e. The zero-order valence-electron chi connectivity index (χ0n) is 14.7. The summed E-state index contributed by atoms with van der Waals surface area (Å²) in [6, 6.07) is 11.3. The van der Waals surface area contributed by atoms with Crippen LogP contribution in [-0.4, -0.2) is 52.8 Å². The molecule has 0 spiro atoms. The summed E-state index contributed by atoms with van der Waals surface area (Å²) in [5, 5.41) is 10.9. The minimum absolute atomic E-state index is 0.275. The van der Waals surface area contributed by atoms with Crippen molar-refractivity contribution in [2.24, 2.45) is 0 Å². The van der Waals surface area contributed by atoms with Crippen LogP contribution in [0.3, 0.4) is 0 Å². The number of aromatic nitrogens is 4. The second-order valence-electron chi connectivity index (χ2n) is 5.37. The van der Waals surface area contributed by atoms with E-state index < -0.39 is 12.6 Å². The predicted octanol–water partition coefficient (Wildman–Crippen LogP) is 1.72. The van der Waals surface area contributed by atoms with Crippen LogP contribution < -0.4 is 9.47 Å². The summed E-state index contributed by atoms with van der Waals surface area (Å²) in [6.45, 7) is -0.420. The molecule has 1 aromatic heterocycles. The van der Waals surface area contributed by atoms with Crippen LogP contribution >= 0.6 is 0 Å². The monoisotopic (exact) mass is 368 g/mol. The Morgan fingerprint density at radius 2 is 1.93 bits per heavy atom. The van der Waals surface area contributed by atoms with Gasteiger partial charge in [-0.2, -0.15) is 0 Å². The van der Waals surface area contributed by atoms with Crippen LogP contribution in [0.4, 0.5) is 0 Å². The molecule has 0 atom stereocenters. The van der Waals surface area contributed by atoms with Crippen molar-refractivity contribution in [1.29, 1.82) is 0 Å². The maximum atomic E-state index is 12.4. The molecule has 0 aliphatic heterocycles. The van der Waals surface area contributed by atoms with Crippen molar-refractivity contribution in [3.8, 4) is 17.2 Å². The fraction of sp³-hybridized carbons (Fsp3) is 0.167.